The van der Waals surface area contributed by atoms with E-state index in [1.54, 1.807) is 0 Å². The zero-order valence-corrected chi connectivity index (χ0v) is 28.4. The molecule has 53 heavy (non-hydrogen) atoms. The van der Waals surface area contributed by atoms with Gasteiger partial charge in [0, 0.05) is 48.7 Å². The fourth-order valence-corrected chi connectivity index (χ4v) is 8.64. The van der Waals surface area contributed by atoms with Crippen LogP contribution in [0.2, 0.25) is 0 Å². The molecule has 0 N–H and O–H groups in total. The SMILES string of the molecule is c1ccc(-c2nc(-n3c4c(ccc5c6ccccc6oc54)c4ccc5c6ccccc6n(-c6cccc7ccccc67)c5c43)nc3ccccc23)cc1. The summed E-state index contributed by atoms with van der Waals surface area (Å²) in [6.45, 7) is 0. The van der Waals surface area contributed by atoms with Gasteiger partial charge in [0.1, 0.15) is 11.1 Å². The molecule has 0 radical (unpaired) electrons. The number of nitrogens with zero attached hydrogens (tertiary/aromatic N) is 4. The van der Waals surface area contributed by atoms with Crippen molar-refractivity contribution >= 4 is 87.2 Å². The van der Waals surface area contributed by atoms with Crippen molar-refractivity contribution in [2.45, 2.75) is 0 Å². The van der Waals surface area contributed by atoms with Crippen LogP contribution in [-0.2, 0) is 0 Å². The maximum absolute atomic E-state index is 6.82. The topological polar surface area (TPSA) is 48.8 Å². The minimum Gasteiger partial charge on any atom is -0.454 e. The highest BCUT2D eigenvalue weighted by Gasteiger charge is 2.26. The lowest BCUT2D eigenvalue weighted by atomic mass is 10.1. The number of hydrogen-bond donors (Lipinski definition) is 0. The van der Waals surface area contributed by atoms with Crippen LogP contribution in [0, 0.1) is 0 Å². The Morgan fingerprint density at radius 2 is 1.02 bits per heavy atom. The molecule has 0 saturated carbocycles. The van der Waals surface area contributed by atoms with E-state index in [0.717, 1.165) is 88.0 Å². The van der Waals surface area contributed by atoms with E-state index >= 15 is 0 Å². The fraction of sp³-hybridized carbons (Fsp3) is 0. The summed E-state index contributed by atoms with van der Waals surface area (Å²) in [5.41, 5.74) is 9.82. The van der Waals surface area contributed by atoms with Gasteiger partial charge in [-0.2, -0.15) is 0 Å². The monoisotopic (exact) mass is 676 g/mol. The molecule has 5 heteroatoms. The molecule has 0 unspecified atom stereocenters. The van der Waals surface area contributed by atoms with Gasteiger partial charge < -0.3 is 8.98 Å². The van der Waals surface area contributed by atoms with E-state index in [9.17, 15) is 0 Å². The summed E-state index contributed by atoms with van der Waals surface area (Å²) in [5.74, 6) is 0.595. The number of benzene rings is 8. The molecule has 0 aliphatic carbocycles. The first kappa shape index (κ1) is 28.5. The van der Waals surface area contributed by atoms with Crippen LogP contribution in [0.4, 0.5) is 0 Å². The lowest BCUT2D eigenvalue weighted by Gasteiger charge is -2.15. The van der Waals surface area contributed by atoms with Gasteiger partial charge in [-0.15, -0.1) is 0 Å². The summed E-state index contributed by atoms with van der Waals surface area (Å²) >= 11 is 0. The molecule has 8 aromatic carbocycles. The number of rotatable bonds is 3. The van der Waals surface area contributed by atoms with Gasteiger partial charge in [-0.3, -0.25) is 4.57 Å². The number of hydrogen-bond acceptors (Lipinski definition) is 3. The Kier molecular flexibility index (Phi) is 5.71. The Labute approximate surface area is 302 Å². The van der Waals surface area contributed by atoms with E-state index < -0.39 is 0 Å². The summed E-state index contributed by atoms with van der Waals surface area (Å²) in [4.78, 5) is 10.9. The zero-order chi connectivity index (χ0) is 34.6. The number of para-hydroxylation sites is 3. The first-order chi connectivity index (χ1) is 26.3. The Hall–Kier alpha value is -7.24. The molecule has 0 spiro atoms. The van der Waals surface area contributed by atoms with Crippen molar-refractivity contribution in [2.24, 2.45) is 0 Å². The zero-order valence-electron chi connectivity index (χ0n) is 28.4. The summed E-state index contributed by atoms with van der Waals surface area (Å²) in [6, 6.07) is 59.9. The van der Waals surface area contributed by atoms with E-state index in [-0.39, 0.29) is 0 Å². The molecule has 246 valence electrons. The summed E-state index contributed by atoms with van der Waals surface area (Å²) < 4.78 is 11.5. The molecule has 12 rings (SSSR count). The molecule has 0 aliphatic heterocycles. The summed E-state index contributed by atoms with van der Waals surface area (Å²) in [6.07, 6.45) is 0. The van der Waals surface area contributed by atoms with Gasteiger partial charge in [-0.1, -0.05) is 140 Å². The third kappa shape index (κ3) is 3.91. The molecule has 0 bridgehead atoms. The molecule has 5 nitrogen and oxygen atoms in total. The molecule has 4 aromatic heterocycles. The number of furan rings is 1. The molecule has 0 atom stereocenters. The van der Waals surface area contributed by atoms with Crippen LogP contribution in [-0.4, -0.2) is 19.1 Å². The average Bonchev–Trinajstić information content (AvgIpc) is 3.88. The maximum Gasteiger partial charge on any atom is 0.236 e. The molecule has 12 aromatic rings. The summed E-state index contributed by atoms with van der Waals surface area (Å²) in [5, 5.41) is 10.1. The summed E-state index contributed by atoms with van der Waals surface area (Å²) in [7, 11) is 0. The van der Waals surface area contributed by atoms with Crippen LogP contribution >= 0.6 is 0 Å². The van der Waals surface area contributed by atoms with Crippen molar-refractivity contribution in [1.29, 1.82) is 0 Å². The van der Waals surface area contributed by atoms with Crippen molar-refractivity contribution in [3.8, 4) is 22.9 Å². The number of aromatic nitrogens is 4. The van der Waals surface area contributed by atoms with Crippen LogP contribution in [0.5, 0.6) is 0 Å². The lowest BCUT2D eigenvalue weighted by Crippen LogP contribution is -2.05. The van der Waals surface area contributed by atoms with Gasteiger partial charge in [0.15, 0.2) is 5.58 Å². The second kappa shape index (κ2) is 10.6. The van der Waals surface area contributed by atoms with E-state index in [0.29, 0.717) is 5.95 Å². The van der Waals surface area contributed by atoms with Crippen molar-refractivity contribution in [1.82, 2.24) is 19.1 Å². The van der Waals surface area contributed by atoms with E-state index in [2.05, 4.69) is 155 Å². The first-order valence-electron chi connectivity index (χ1n) is 17.9. The molecule has 0 fully saturated rings. The predicted octanol–water partition coefficient (Wildman–Crippen LogP) is 12.5. The smallest absolute Gasteiger partial charge is 0.236 e. The molecule has 4 heterocycles. The molecule has 0 amide bonds. The van der Waals surface area contributed by atoms with Gasteiger partial charge in [0.2, 0.25) is 5.95 Å². The van der Waals surface area contributed by atoms with Crippen LogP contribution in [0.25, 0.3) is 110 Å². The Balaban J connectivity index is 1.35. The number of fused-ring (bicyclic) bond motifs is 13. The average molecular weight is 677 g/mol. The quantitative estimate of drug-likeness (QED) is 0.187. The van der Waals surface area contributed by atoms with Crippen LogP contribution in [0.15, 0.2) is 174 Å². The maximum atomic E-state index is 6.82. The first-order valence-corrected chi connectivity index (χ1v) is 17.9. The van der Waals surface area contributed by atoms with Crippen molar-refractivity contribution in [3.63, 3.8) is 0 Å². The minimum atomic E-state index is 0.595. The highest BCUT2D eigenvalue weighted by atomic mass is 16.3. The van der Waals surface area contributed by atoms with Gasteiger partial charge >= 0.3 is 0 Å². The lowest BCUT2D eigenvalue weighted by molar-refractivity contribution is 0.671. The Bertz CT molecular complexity index is 3450. The second-order valence-electron chi connectivity index (χ2n) is 13.7. The van der Waals surface area contributed by atoms with Gasteiger partial charge in [-0.05, 0) is 35.7 Å². The molecule has 0 aliphatic rings. The van der Waals surface area contributed by atoms with Crippen molar-refractivity contribution in [2.75, 3.05) is 0 Å². The van der Waals surface area contributed by atoms with E-state index in [1.165, 1.54) is 16.2 Å². The third-order valence-electron chi connectivity index (χ3n) is 10.9. The minimum absolute atomic E-state index is 0.595. The highest BCUT2D eigenvalue weighted by molar-refractivity contribution is 6.28. The van der Waals surface area contributed by atoms with Gasteiger partial charge in [-0.25, -0.2) is 9.97 Å². The normalized spacial score (nSPS) is 12.2. The molecular formula is C48H28N4O. The van der Waals surface area contributed by atoms with Crippen LogP contribution in [0.3, 0.4) is 0 Å². The standard InChI is InChI=1S/C48H28N4O/c1-2-14-30(15-3-1)43-38-20-6-9-21-39(38)49-48(50-43)52-45-35(36-27-28-37-33-19-8-11-24-42(33)53-47(37)46(36)52)26-25-34-32-18-7-10-22-41(32)51(44(34)45)40-23-12-16-29-13-4-5-17-31(29)40/h1-28H. The fourth-order valence-electron chi connectivity index (χ4n) is 8.64. The van der Waals surface area contributed by atoms with Gasteiger partial charge in [0.25, 0.3) is 0 Å². The van der Waals surface area contributed by atoms with Gasteiger partial charge in [0.05, 0.1) is 33.4 Å². The predicted molar refractivity (Wildman–Crippen MR) is 218 cm³/mol. The second-order valence-corrected chi connectivity index (χ2v) is 13.7. The van der Waals surface area contributed by atoms with Crippen molar-refractivity contribution < 1.29 is 4.42 Å². The largest absolute Gasteiger partial charge is 0.454 e. The molecule has 0 saturated heterocycles. The third-order valence-corrected chi connectivity index (χ3v) is 10.9. The van der Waals surface area contributed by atoms with Crippen LogP contribution < -0.4 is 0 Å². The Morgan fingerprint density at radius 3 is 1.89 bits per heavy atom. The molecular weight excluding hydrogens is 649 g/mol. The van der Waals surface area contributed by atoms with Crippen molar-refractivity contribution in [3.05, 3.63) is 170 Å². The highest BCUT2D eigenvalue weighted by Crippen LogP contribution is 2.45. The van der Waals surface area contributed by atoms with Crippen LogP contribution in [0.1, 0.15) is 0 Å². The van der Waals surface area contributed by atoms with E-state index in [4.69, 9.17) is 14.4 Å². The Morgan fingerprint density at radius 1 is 0.396 bits per heavy atom. The van der Waals surface area contributed by atoms with E-state index in [1.807, 2.05) is 24.3 Å².